The Morgan fingerprint density at radius 2 is 1.76 bits per heavy atom. The minimum absolute atomic E-state index is 0.581. The Hall–Kier alpha value is -3.83. The van der Waals surface area contributed by atoms with Crippen molar-refractivity contribution in [3.8, 4) is 22.6 Å². The van der Waals surface area contributed by atoms with Crippen LogP contribution >= 0.6 is 11.6 Å². The molecule has 3 aromatic carbocycles. The number of ether oxygens (including phenoxy) is 1. The number of nitrogens with zero attached hydrogens (tertiary/aromatic N) is 3. The Morgan fingerprint density at radius 3 is 2.55 bits per heavy atom. The number of hydrogen-bond acceptors (Lipinski definition) is 4. The van der Waals surface area contributed by atoms with Crippen molar-refractivity contribution in [3.05, 3.63) is 95.9 Å². The fourth-order valence-corrected chi connectivity index (χ4v) is 4.08. The van der Waals surface area contributed by atoms with E-state index >= 15 is 0 Å². The van der Waals surface area contributed by atoms with Crippen LogP contribution in [-0.2, 0) is 0 Å². The van der Waals surface area contributed by atoms with Crippen molar-refractivity contribution in [1.82, 2.24) is 14.5 Å². The highest BCUT2D eigenvalue weighted by molar-refractivity contribution is 6.31. The van der Waals surface area contributed by atoms with Crippen molar-refractivity contribution in [2.24, 2.45) is 0 Å². The van der Waals surface area contributed by atoms with E-state index in [1.54, 1.807) is 6.33 Å². The van der Waals surface area contributed by atoms with Crippen molar-refractivity contribution < 1.29 is 4.74 Å². The van der Waals surface area contributed by atoms with E-state index in [0.29, 0.717) is 17.4 Å². The number of fused-ring (bicyclic) bond motifs is 1. The van der Waals surface area contributed by atoms with E-state index in [4.69, 9.17) is 16.3 Å². The molecule has 0 aliphatic carbocycles. The van der Waals surface area contributed by atoms with Crippen LogP contribution in [0.15, 0.2) is 85.3 Å². The Labute approximate surface area is 197 Å². The maximum atomic E-state index is 6.45. The van der Waals surface area contributed by atoms with E-state index in [9.17, 15) is 0 Å². The van der Waals surface area contributed by atoms with Gasteiger partial charge in [-0.2, -0.15) is 0 Å². The van der Waals surface area contributed by atoms with Crippen LogP contribution in [0.25, 0.3) is 27.8 Å². The van der Waals surface area contributed by atoms with Gasteiger partial charge in [-0.1, -0.05) is 60.1 Å². The zero-order valence-electron chi connectivity index (χ0n) is 18.4. The third kappa shape index (κ3) is 4.03. The number of hydrogen-bond donors (Lipinski definition) is 1. The van der Waals surface area contributed by atoms with Gasteiger partial charge in [-0.3, -0.25) is 0 Å². The van der Waals surface area contributed by atoms with Gasteiger partial charge in [0, 0.05) is 22.5 Å². The SMILES string of the molecule is CCOc1ccccc1Nc1ncnc2c1c(-c1ccccc1)cn2-c1ccc(C)c(Cl)c1. The molecule has 5 rings (SSSR count). The van der Waals surface area contributed by atoms with Gasteiger partial charge in [-0.05, 0) is 49.2 Å². The summed E-state index contributed by atoms with van der Waals surface area (Å²) in [6.45, 7) is 4.55. The van der Waals surface area contributed by atoms with E-state index in [1.807, 2.05) is 68.4 Å². The molecule has 2 heterocycles. The maximum Gasteiger partial charge on any atom is 0.150 e. The molecule has 0 saturated heterocycles. The second-order valence-corrected chi connectivity index (χ2v) is 8.09. The highest BCUT2D eigenvalue weighted by Crippen LogP contribution is 2.38. The molecule has 0 aliphatic heterocycles. The third-order valence-corrected chi connectivity index (χ3v) is 5.95. The van der Waals surface area contributed by atoms with Crippen molar-refractivity contribution in [1.29, 1.82) is 0 Å². The normalized spacial score (nSPS) is 11.0. The average molecular weight is 455 g/mol. The molecule has 0 bridgehead atoms. The van der Waals surface area contributed by atoms with E-state index in [1.165, 1.54) is 0 Å². The number of halogens is 1. The zero-order chi connectivity index (χ0) is 22.8. The number of anilines is 2. The van der Waals surface area contributed by atoms with E-state index in [-0.39, 0.29) is 0 Å². The lowest BCUT2D eigenvalue weighted by Crippen LogP contribution is -2.01. The van der Waals surface area contributed by atoms with Gasteiger partial charge in [0.1, 0.15) is 17.9 Å². The molecule has 164 valence electrons. The van der Waals surface area contributed by atoms with Crippen molar-refractivity contribution in [3.63, 3.8) is 0 Å². The van der Waals surface area contributed by atoms with Crippen LogP contribution in [-0.4, -0.2) is 21.1 Å². The average Bonchev–Trinajstić information content (AvgIpc) is 3.24. The first kappa shape index (κ1) is 21.0. The summed E-state index contributed by atoms with van der Waals surface area (Å²) in [6.07, 6.45) is 3.67. The number of aromatic nitrogens is 3. The molecule has 5 nitrogen and oxygen atoms in total. The van der Waals surface area contributed by atoms with Gasteiger partial charge in [0.25, 0.3) is 0 Å². The number of benzene rings is 3. The smallest absolute Gasteiger partial charge is 0.150 e. The Kier molecular flexibility index (Phi) is 5.71. The minimum atomic E-state index is 0.581. The van der Waals surface area contributed by atoms with Gasteiger partial charge in [0.05, 0.1) is 17.7 Å². The molecular weight excluding hydrogens is 432 g/mol. The minimum Gasteiger partial charge on any atom is -0.492 e. The molecule has 0 fully saturated rings. The first-order chi connectivity index (χ1) is 16.2. The topological polar surface area (TPSA) is 52.0 Å². The summed E-state index contributed by atoms with van der Waals surface area (Å²) < 4.78 is 7.87. The van der Waals surface area contributed by atoms with Crippen molar-refractivity contribution in [2.45, 2.75) is 13.8 Å². The quantitative estimate of drug-likeness (QED) is 0.295. The first-order valence-corrected chi connectivity index (χ1v) is 11.2. The predicted molar refractivity (Wildman–Crippen MR) is 135 cm³/mol. The van der Waals surface area contributed by atoms with Crippen molar-refractivity contribution >= 4 is 34.1 Å². The van der Waals surface area contributed by atoms with Gasteiger partial charge < -0.3 is 14.6 Å². The molecule has 0 spiro atoms. The van der Waals surface area contributed by atoms with Gasteiger partial charge >= 0.3 is 0 Å². The van der Waals surface area contributed by atoms with Crippen LogP contribution in [0.5, 0.6) is 5.75 Å². The summed E-state index contributed by atoms with van der Waals surface area (Å²) >= 11 is 6.45. The Bertz CT molecular complexity index is 1430. The molecule has 0 atom stereocenters. The van der Waals surface area contributed by atoms with E-state index in [0.717, 1.165) is 44.8 Å². The molecule has 0 unspecified atom stereocenters. The van der Waals surface area contributed by atoms with Gasteiger partial charge in [-0.25, -0.2) is 9.97 Å². The summed E-state index contributed by atoms with van der Waals surface area (Å²) in [5.74, 6) is 1.49. The Balaban J connectivity index is 1.73. The molecule has 5 aromatic rings. The predicted octanol–water partition coefficient (Wildman–Crippen LogP) is 7.19. The molecular formula is C27H23ClN4O. The van der Waals surface area contributed by atoms with Gasteiger partial charge in [0.15, 0.2) is 5.65 Å². The Morgan fingerprint density at radius 1 is 0.970 bits per heavy atom. The first-order valence-electron chi connectivity index (χ1n) is 10.8. The highest BCUT2D eigenvalue weighted by atomic mass is 35.5. The molecule has 2 aromatic heterocycles. The van der Waals surface area contributed by atoms with Crippen LogP contribution in [0.3, 0.4) is 0 Å². The largest absolute Gasteiger partial charge is 0.492 e. The summed E-state index contributed by atoms with van der Waals surface area (Å²) in [5, 5.41) is 5.12. The lowest BCUT2D eigenvalue weighted by atomic mass is 10.1. The summed E-state index contributed by atoms with van der Waals surface area (Å²) in [4.78, 5) is 9.27. The highest BCUT2D eigenvalue weighted by Gasteiger charge is 2.18. The number of para-hydroxylation sites is 2. The fourth-order valence-electron chi connectivity index (χ4n) is 3.90. The molecule has 6 heteroatoms. The van der Waals surface area contributed by atoms with E-state index in [2.05, 4.69) is 44.2 Å². The van der Waals surface area contributed by atoms with Gasteiger partial charge in [-0.15, -0.1) is 0 Å². The monoisotopic (exact) mass is 454 g/mol. The lowest BCUT2D eigenvalue weighted by molar-refractivity contribution is 0.342. The molecule has 33 heavy (non-hydrogen) atoms. The van der Waals surface area contributed by atoms with Crippen LogP contribution in [0, 0.1) is 6.92 Å². The number of aryl methyl sites for hydroxylation is 1. The second kappa shape index (κ2) is 8.96. The van der Waals surface area contributed by atoms with Crippen LogP contribution < -0.4 is 10.1 Å². The number of rotatable bonds is 6. The van der Waals surface area contributed by atoms with E-state index < -0.39 is 0 Å². The van der Waals surface area contributed by atoms with Crippen LogP contribution in [0.1, 0.15) is 12.5 Å². The molecule has 0 radical (unpaired) electrons. The van der Waals surface area contributed by atoms with Crippen LogP contribution in [0.2, 0.25) is 5.02 Å². The summed E-state index contributed by atoms with van der Waals surface area (Å²) in [6, 6.07) is 24.1. The molecule has 1 N–H and O–H groups in total. The van der Waals surface area contributed by atoms with Crippen LogP contribution in [0.4, 0.5) is 11.5 Å². The molecule has 0 aliphatic rings. The zero-order valence-corrected chi connectivity index (χ0v) is 19.2. The van der Waals surface area contributed by atoms with Crippen molar-refractivity contribution in [2.75, 3.05) is 11.9 Å². The maximum absolute atomic E-state index is 6.45. The summed E-state index contributed by atoms with van der Waals surface area (Å²) in [5.41, 5.74) is 5.72. The molecule has 0 amide bonds. The second-order valence-electron chi connectivity index (χ2n) is 7.69. The number of nitrogens with one attached hydrogen (secondary N) is 1. The molecule has 0 saturated carbocycles. The fraction of sp³-hybridized carbons (Fsp3) is 0.111. The third-order valence-electron chi connectivity index (χ3n) is 5.54. The lowest BCUT2D eigenvalue weighted by Gasteiger charge is -2.13. The standard InChI is InChI=1S/C27H23ClN4O/c1-3-33-24-12-8-7-11-23(24)31-26-25-21(19-9-5-4-6-10-19)16-32(27(25)30-17-29-26)20-14-13-18(2)22(28)15-20/h4-17H,3H2,1-2H3,(H,29,30,31). The van der Waals surface area contributed by atoms with Gasteiger partial charge in [0.2, 0.25) is 0 Å². The summed E-state index contributed by atoms with van der Waals surface area (Å²) in [7, 11) is 0.